The van der Waals surface area contributed by atoms with Crippen molar-refractivity contribution in [3.63, 3.8) is 0 Å². The van der Waals surface area contributed by atoms with E-state index in [0.29, 0.717) is 21.0 Å². The van der Waals surface area contributed by atoms with Crippen molar-refractivity contribution in [2.45, 2.75) is 6.92 Å². The molecule has 2 aromatic heterocycles. The first-order chi connectivity index (χ1) is 12.2. The van der Waals surface area contributed by atoms with Crippen molar-refractivity contribution in [2.24, 2.45) is 4.99 Å². The van der Waals surface area contributed by atoms with E-state index in [-0.39, 0.29) is 5.91 Å². The van der Waals surface area contributed by atoms with Crippen LogP contribution in [0.4, 0.5) is 10.8 Å². The number of hydrogen-bond donors (Lipinski definition) is 0. The molecule has 25 heavy (non-hydrogen) atoms. The standard InChI is InChI=1S/C17H12N4O2S2/c1-11-19-20-16(24-11)18-17-21(12-6-3-2-4-7-12)15(22)14(25-17)10-13-8-5-9-23-13/h2-10H,1H3/b14-10+,18-17+. The summed E-state index contributed by atoms with van der Waals surface area (Å²) in [6.45, 7) is 1.87. The summed E-state index contributed by atoms with van der Waals surface area (Å²) in [5.74, 6) is 0.476. The Balaban J connectivity index is 1.77. The second kappa shape index (κ2) is 6.66. The SMILES string of the molecule is Cc1nnc(/N=C2/S/C(=C/c3ccco3)C(=O)N2c2ccccc2)s1. The van der Waals surface area contributed by atoms with Gasteiger partial charge in [0.15, 0.2) is 5.17 Å². The zero-order chi connectivity index (χ0) is 17.2. The molecular weight excluding hydrogens is 356 g/mol. The molecule has 8 heteroatoms. The van der Waals surface area contributed by atoms with Gasteiger partial charge in [-0.15, -0.1) is 10.2 Å². The lowest BCUT2D eigenvalue weighted by Gasteiger charge is -2.14. The fourth-order valence-corrected chi connectivity index (χ4v) is 3.85. The molecule has 0 spiro atoms. The first-order valence-electron chi connectivity index (χ1n) is 7.42. The van der Waals surface area contributed by atoms with Crippen LogP contribution in [0.15, 0.2) is 63.0 Å². The van der Waals surface area contributed by atoms with Gasteiger partial charge in [0.1, 0.15) is 10.8 Å². The van der Waals surface area contributed by atoms with Gasteiger partial charge in [0, 0.05) is 6.08 Å². The van der Waals surface area contributed by atoms with Crippen molar-refractivity contribution in [1.29, 1.82) is 0 Å². The van der Waals surface area contributed by atoms with Gasteiger partial charge >= 0.3 is 0 Å². The first kappa shape index (κ1) is 15.8. The maximum absolute atomic E-state index is 12.9. The number of thioether (sulfide) groups is 1. The minimum absolute atomic E-state index is 0.146. The molecule has 0 saturated carbocycles. The molecular formula is C17H12N4O2S2. The number of carbonyl (C=O) groups is 1. The fraction of sp³-hybridized carbons (Fsp3) is 0.0588. The molecule has 1 fully saturated rings. The number of amidine groups is 1. The van der Waals surface area contributed by atoms with Crippen LogP contribution in [0.2, 0.25) is 0 Å². The Hall–Kier alpha value is -2.71. The maximum atomic E-state index is 12.9. The van der Waals surface area contributed by atoms with E-state index in [1.54, 1.807) is 29.4 Å². The molecule has 0 N–H and O–H groups in total. The van der Waals surface area contributed by atoms with Crippen LogP contribution in [0.3, 0.4) is 0 Å². The largest absolute Gasteiger partial charge is 0.465 e. The second-order valence-corrected chi connectivity index (χ2v) is 7.27. The number of hydrogen-bond acceptors (Lipinski definition) is 7. The Morgan fingerprint density at radius 1 is 1.16 bits per heavy atom. The summed E-state index contributed by atoms with van der Waals surface area (Å²) in [5.41, 5.74) is 0.753. The molecule has 1 amide bonds. The third-order valence-electron chi connectivity index (χ3n) is 3.34. The lowest BCUT2D eigenvalue weighted by Crippen LogP contribution is -2.28. The third-order valence-corrected chi connectivity index (χ3v) is 5.05. The normalized spacial score (nSPS) is 17.8. The maximum Gasteiger partial charge on any atom is 0.271 e. The molecule has 1 aliphatic heterocycles. The lowest BCUT2D eigenvalue weighted by atomic mass is 10.3. The van der Waals surface area contributed by atoms with Crippen molar-refractivity contribution in [1.82, 2.24) is 10.2 Å². The van der Waals surface area contributed by atoms with Crippen LogP contribution in [-0.4, -0.2) is 21.3 Å². The number of carbonyl (C=O) groups excluding carboxylic acids is 1. The first-order valence-corrected chi connectivity index (χ1v) is 9.05. The van der Waals surface area contributed by atoms with Crippen molar-refractivity contribution in [3.8, 4) is 0 Å². The third kappa shape index (κ3) is 3.26. The summed E-state index contributed by atoms with van der Waals surface area (Å²) < 4.78 is 5.32. The van der Waals surface area contributed by atoms with E-state index in [2.05, 4.69) is 15.2 Å². The number of furan rings is 1. The molecule has 124 valence electrons. The zero-order valence-corrected chi connectivity index (χ0v) is 14.8. The van der Waals surface area contributed by atoms with Gasteiger partial charge in [0.25, 0.3) is 5.91 Å². The number of rotatable bonds is 3. The van der Waals surface area contributed by atoms with Crippen LogP contribution in [-0.2, 0) is 4.79 Å². The topological polar surface area (TPSA) is 71.6 Å². The van der Waals surface area contributed by atoms with Crippen molar-refractivity contribution in [2.75, 3.05) is 4.90 Å². The average molecular weight is 368 g/mol. The van der Waals surface area contributed by atoms with E-state index in [1.807, 2.05) is 37.3 Å². The van der Waals surface area contributed by atoms with Crippen molar-refractivity contribution >= 4 is 51.1 Å². The molecule has 0 atom stereocenters. The summed E-state index contributed by atoms with van der Waals surface area (Å²) in [7, 11) is 0. The summed E-state index contributed by atoms with van der Waals surface area (Å²) in [6, 6.07) is 13.0. The lowest BCUT2D eigenvalue weighted by molar-refractivity contribution is -0.113. The van der Waals surface area contributed by atoms with E-state index in [1.165, 1.54) is 23.1 Å². The number of anilines is 1. The van der Waals surface area contributed by atoms with Crippen LogP contribution >= 0.6 is 23.1 Å². The fourth-order valence-electron chi connectivity index (χ4n) is 2.27. The van der Waals surface area contributed by atoms with Crippen LogP contribution < -0.4 is 4.90 Å². The van der Waals surface area contributed by atoms with Gasteiger partial charge < -0.3 is 4.42 Å². The number of nitrogens with zero attached hydrogens (tertiary/aromatic N) is 4. The molecule has 1 aliphatic rings. The molecule has 0 aliphatic carbocycles. The predicted octanol–water partition coefficient (Wildman–Crippen LogP) is 4.25. The second-order valence-electron chi connectivity index (χ2n) is 5.10. The van der Waals surface area contributed by atoms with Crippen molar-refractivity contribution < 1.29 is 9.21 Å². The van der Waals surface area contributed by atoms with Crippen LogP contribution in [0.1, 0.15) is 10.8 Å². The molecule has 0 bridgehead atoms. The highest BCUT2D eigenvalue weighted by Crippen LogP contribution is 2.37. The molecule has 1 aromatic carbocycles. The van der Waals surface area contributed by atoms with Gasteiger partial charge in [-0.3, -0.25) is 9.69 Å². The highest BCUT2D eigenvalue weighted by molar-refractivity contribution is 8.19. The van der Waals surface area contributed by atoms with Gasteiger partial charge in [-0.25, -0.2) is 0 Å². The summed E-state index contributed by atoms with van der Waals surface area (Å²) in [5, 5.41) is 9.89. The highest BCUT2D eigenvalue weighted by Gasteiger charge is 2.35. The van der Waals surface area contributed by atoms with Gasteiger partial charge in [0.2, 0.25) is 5.13 Å². The molecule has 4 rings (SSSR count). The molecule has 3 aromatic rings. The number of para-hydroxylation sites is 1. The average Bonchev–Trinajstić information content (AvgIpc) is 3.32. The van der Waals surface area contributed by atoms with Gasteiger partial charge in [-0.05, 0) is 43.0 Å². The summed E-state index contributed by atoms with van der Waals surface area (Å²) in [4.78, 5) is 19.6. The number of aromatic nitrogens is 2. The smallest absolute Gasteiger partial charge is 0.271 e. The van der Waals surface area contributed by atoms with Crippen LogP contribution in [0.5, 0.6) is 0 Å². The van der Waals surface area contributed by atoms with Crippen LogP contribution in [0.25, 0.3) is 6.08 Å². The minimum Gasteiger partial charge on any atom is -0.465 e. The number of benzene rings is 1. The van der Waals surface area contributed by atoms with E-state index in [9.17, 15) is 4.79 Å². The van der Waals surface area contributed by atoms with Gasteiger partial charge in [0.05, 0.1) is 16.9 Å². The monoisotopic (exact) mass is 368 g/mol. The van der Waals surface area contributed by atoms with E-state index in [4.69, 9.17) is 4.42 Å². The molecule has 1 saturated heterocycles. The zero-order valence-electron chi connectivity index (χ0n) is 13.1. The van der Waals surface area contributed by atoms with E-state index < -0.39 is 0 Å². The quantitative estimate of drug-likeness (QED) is 0.646. The molecule has 0 radical (unpaired) electrons. The Labute approximate surface area is 151 Å². The molecule has 6 nitrogen and oxygen atoms in total. The highest BCUT2D eigenvalue weighted by atomic mass is 32.2. The molecule has 0 unspecified atom stereocenters. The Kier molecular flexibility index (Phi) is 4.21. The van der Waals surface area contributed by atoms with Crippen LogP contribution in [0, 0.1) is 6.92 Å². The predicted molar refractivity (Wildman–Crippen MR) is 99.9 cm³/mol. The Morgan fingerprint density at radius 3 is 2.68 bits per heavy atom. The number of aliphatic imine (C=N–C) groups is 1. The molecule has 3 heterocycles. The van der Waals surface area contributed by atoms with Gasteiger partial charge in [-0.1, -0.05) is 29.5 Å². The van der Waals surface area contributed by atoms with E-state index in [0.717, 1.165) is 10.7 Å². The summed E-state index contributed by atoms with van der Waals surface area (Å²) >= 11 is 2.67. The van der Waals surface area contributed by atoms with Gasteiger partial charge in [-0.2, -0.15) is 4.99 Å². The number of amides is 1. The van der Waals surface area contributed by atoms with E-state index >= 15 is 0 Å². The van der Waals surface area contributed by atoms with Crippen molar-refractivity contribution in [3.05, 3.63) is 64.4 Å². The minimum atomic E-state index is -0.146. The Morgan fingerprint density at radius 2 is 2.00 bits per heavy atom. The number of aryl methyl sites for hydroxylation is 1. The summed E-state index contributed by atoms with van der Waals surface area (Å²) in [6.07, 6.45) is 3.29. The Bertz CT molecular complexity index is 962.